The lowest BCUT2D eigenvalue weighted by molar-refractivity contribution is -0.0510. The molecule has 1 aromatic rings. The number of carboxylic acid groups (broad SMARTS) is 1. The Balaban J connectivity index is 1.32. The Morgan fingerprint density at radius 3 is 2.57 bits per heavy atom. The number of rotatable bonds is 11. The van der Waals surface area contributed by atoms with Crippen molar-refractivity contribution >= 4 is 6.16 Å². The van der Waals surface area contributed by atoms with Crippen LogP contribution in [0.15, 0.2) is 29.8 Å². The molecule has 0 heterocycles. The van der Waals surface area contributed by atoms with E-state index in [2.05, 4.69) is 53.7 Å². The van der Waals surface area contributed by atoms with Crippen molar-refractivity contribution in [2.75, 3.05) is 6.61 Å². The first-order valence-electron chi connectivity index (χ1n) is 17.4. The van der Waals surface area contributed by atoms with Crippen LogP contribution in [-0.2, 0) is 0 Å². The Bertz CT molecular complexity index is 1120. The molecule has 0 spiro atoms. The summed E-state index contributed by atoms with van der Waals surface area (Å²) in [5.74, 6) is 6.59. The van der Waals surface area contributed by atoms with E-state index >= 15 is 0 Å². The summed E-state index contributed by atoms with van der Waals surface area (Å²) >= 11 is 0. The maximum Gasteiger partial charge on any atom is 0.511 e. The van der Waals surface area contributed by atoms with Crippen molar-refractivity contribution < 1.29 is 19.4 Å². The van der Waals surface area contributed by atoms with Gasteiger partial charge in [-0.05, 0) is 128 Å². The second kappa shape index (κ2) is 12.9. The van der Waals surface area contributed by atoms with Gasteiger partial charge in [-0.1, -0.05) is 78.9 Å². The number of hydrogen-bond donors (Lipinski definition) is 1. The molecule has 3 fully saturated rings. The number of ether oxygens (including phenoxy) is 2. The SMILES string of the molecule is CCCCOc1ccc(OC(=O)O)c(C2CC[C@@]3(C)C(=CCC4C3CC[C@@]3(C)C4CC[C@@H]3[C@H](C)CCCC(C)C)C2)c1. The van der Waals surface area contributed by atoms with E-state index in [1.807, 2.05) is 6.07 Å². The fraction of sp³-hybridized carbons (Fsp3) is 0.763. The third-order valence-electron chi connectivity index (χ3n) is 12.7. The highest BCUT2D eigenvalue weighted by molar-refractivity contribution is 5.63. The van der Waals surface area contributed by atoms with Gasteiger partial charge in [-0.3, -0.25) is 0 Å². The van der Waals surface area contributed by atoms with Gasteiger partial charge in [-0.25, -0.2) is 4.79 Å². The lowest BCUT2D eigenvalue weighted by Crippen LogP contribution is -2.50. The predicted molar refractivity (Wildman–Crippen MR) is 171 cm³/mol. The fourth-order valence-corrected chi connectivity index (χ4v) is 10.4. The van der Waals surface area contributed by atoms with Crippen molar-refractivity contribution in [3.05, 3.63) is 35.4 Å². The Kier molecular flexibility index (Phi) is 9.70. The van der Waals surface area contributed by atoms with Crippen LogP contribution in [0.1, 0.15) is 136 Å². The highest BCUT2D eigenvalue weighted by atomic mass is 16.7. The standard InChI is InChI=1S/C38H58O4/c1-7-8-22-41-29-13-17-35(42-36(39)40)31(24-29)27-18-20-37(5)28(23-27)12-14-30-33-16-15-32(26(4)11-9-10-25(2)3)38(33,6)21-19-34(30)37/h12-13,17,24-27,30,32-34H,7-11,14-16,18-23H2,1-6H3,(H,39,40)/t26-,27?,30?,32-,33?,34?,37+,38-/m1/s1. The second-order valence-corrected chi connectivity index (χ2v) is 15.5. The predicted octanol–water partition coefficient (Wildman–Crippen LogP) is 11.0. The van der Waals surface area contributed by atoms with Crippen LogP contribution in [0.3, 0.4) is 0 Å². The Hall–Kier alpha value is -1.97. The zero-order valence-electron chi connectivity index (χ0n) is 27.4. The molecule has 0 bridgehead atoms. The minimum atomic E-state index is -1.24. The highest BCUT2D eigenvalue weighted by Gasteiger charge is 2.59. The van der Waals surface area contributed by atoms with Crippen LogP contribution in [-0.4, -0.2) is 17.9 Å². The van der Waals surface area contributed by atoms with Crippen molar-refractivity contribution in [2.45, 2.75) is 131 Å². The second-order valence-electron chi connectivity index (χ2n) is 15.5. The molecule has 8 atom stereocenters. The molecule has 234 valence electrons. The monoisotopic (exact) mass is 578 g/mol. The third kappa shape index (κ3) is 6.16. The minimum Gasteiger partial charge on any atom is -0.494 e. The summed E-state index contributed by atoms with van der Waals surface area (Å²) in [4.78, 5) is 11.5. The maximum atomic E-state index is 11.5. The van der Waals surface area contributed by atoms with Gasteiger partial charge in [0.25, 0.3) is 0 Å². The molecule has 4 nitrogen and oxygen atoms in total. The summed E-state index contributed by atoms with van der Waals surface area (Å²) in [6.07, 6.45) is 17.8. The summed E-state index contributed by atoms with van der Waals surface area (Å²) in [7, 11) is 0. The van der Waals surface area contributed by atoms with Crippen LogP contribution in [0.25, 0.3) is 0 Å². The van der Waals surface area contributed by atoms with Gasteiger partial charge in [0.05, 0.1) is 6.61 Å². The normalized spacial score (nSPS) is 34.6. The van der Waals surface area contributed by atoms with Gasteiger partial charge in [0.15, 0.2) is 0 Å². The van der Waals surface area contributed by atoms with Crippen LogP contribution in [0.2, 0.25) is 0 Å². The van der Waals surface area contributed by atoms with E-state index < -0.39 is 6.16 Å². The molecule has 4 heteroatoms. The molecule has 3 saturated carbocycles. The van der Waals surface area contributed by atoms with Crippen LogP contribution in [0.5, 0.6) is 11.5 Å². The first-order valence-corrected chi connectivity index (χ1v) is 17.4. The van der Waals surface area contributed by atoms with Crippen LogP contribution in [0, 0.1) is 46.3 Å². The zero-order valence-corrected chi connectivity index (χ0v) is 27.4. The number of carbonyl (C=O) groups is 1. The van der Waals surface area contributed by atoms with Crippen molar-refractivity contribution in [3.63, 3.8) is 0 Å². The molecule has 0 saturated heterocycles. The topological polar surface area (TPSA) is 55.8 Å². The maximum absolute atomic E-state index is 11.5. The van der Waals surface area contributed by atoms with E-state index in [4.69, 9.17) is 9.47 Å². The van der Waals surface area contributed by atoms with Gasteiger partial charge in [-0.2, -0.15) is 0 Å². The lowest BCUT2D eigenvalue weighted by Gasteiger charge is -2.58. The highest BCUT2D eigenvalue weighted by Crippen LogP contribution is 2.68. The molecule has 1 N–H and O–H groups in total. The molecule has 1 aromatic carbocycles. The van der Waals surface area contributed by atoms with E-state index in [1.165, 1.54) is 57.8 Å². The minimum absolute atomic E-state index is 0.265. The molecule has 0 aliphatic heterocycles. The number of benzene rings is 1. The molecular weight excluding hydrogens is 520 g/mol. The van der Waals surface area contributed by atoms with E-state index in [9.17, 15) is 9.90 Å². The fourth-order valence-electron chi connectivity index (χ4n) is 10.4. The average molecular weight is 579 g/mol. The number of fused-ring (bicyclic) bond motifs is 5. The van der Waals surface area contributed by atoms with E-state index in [0.717, 1.165) is 72.5 Å². The van der Waals surface area contributed by atoms with E-state index in [1.54, 1.807) is 11.6 Å². The Morgan fingerprint density at radius 2 is 1.83 bits per heavy atom. The van der Waals surface area contributed by atoms with Crippen molar-refractivity contribution in [1.29, 1.82) is 0 Å². The molecular formula is C38H58O4. The van der Waals surface area contributed by atoms with Gasteiger partial charge in [0.2, 0.25) is 0 Å². The van der Waals surface area contributed by atoms with Crippen molar-refractivity contribution in [1.82, 2.24) is 0 Å². The van der Waals surface area contributed by atoms with E-state index in [-0.39, 0.29) is 11.3 Å². The van der Waals surface area contributed by atoms with Crippen LogP contribution in [0.4, 0.5) is 4.79 Å². The van der Waals surface area contributed by atoms with Crippen LogP contribution < -0.4 is 9.47 Å². The molecule has 4 aliphatic carbocycles. The lowest BCUT2D eigenvalue weighted by atomic mass is 9.46. The van der Waals surface area contributed by atoms with Crippen LogP contribution >= 0.6 is 0 Å². The molecule has 4 aliphatic rings. The quantitative estimate of drug-likeness (QED) is 0.123. The first kappa shape index (κ1) is 31.5. The Labute approximate surface area is 256 Å². The largest absolute Gasteiger partial charge is 0.511 e. The first-order chi connectivity index (χ1) is 20.1. The van der Waals surface area contributed by atoms with E-state index in [0.29, 0.717) is 17.8 Å². The number of allylic oxidation sites excluding steroid dienone is 2. The third-order valence-corrected chi connectivity index (χ3v) is 12.7. The molecule has 0 radical (unpaired) electrons. The van der Waals surface area contributed by atoms with Gasteiger partial charge in [0.1, 0.15) is 11.5 Å². The zero-order chi connectivity index (χ0) is 30.1. The molecule has 0 amide bonds. The van der Waals surface area contributed by atoms with Gasteiger partial charge in [0, 0.05) is 5.56 Å². The number of unbranched alkanes of at least 4 members (excludes halogenated alkanes) is 1. The number of hydrogen-bond acceptors (Lipinski definition) is 3. The average Bonchev–Trinajstić information content (AvgIpc) is 3.30. The summed E-state index contributed by atoms with van der Waals surface area (Å²) in [6.45, 7) is 15.4. The molecule has 5 rings (SSSR count). The van der Waals surface area contributed by atoms with Gasteiger partial charge >= 0.3 is 6.16 Å². The molecule has 4 unspecified atom stereocenters. The van der Waals surface area contributed by atoms with Gasteiger partial charge < -0.3 is 14.6 Å². The summed E-state index contributed by atoms with van der Waals surface area (Å²) in [5.41, 5.74) is 3.40. The van der Waals surface area contributed by atoms with Crippen molar-refractivity contribution in [2.24, 2.45) is 46.3 Å². The summed E-state index contributed by atoms with van der Waals surface area (Å²) in [5, 5.41) is 9.44. The Morgan fingerprint density at radius 1 is 1.02 bits per heavy atom. The van der Waals surface area contributed by atoms with Crippen molar-refractivity contribution in [3.8, 4) is 11.5 Å². The molecule has 0 aromatic heterocycles. The summed E-state index contributed by atoms with van der Waals surface area (Å²) in [6, 6.07) is 5.71. The summed E-state index contributed by atoms with van der Waals surface area (Å²) < 4.78 is 11.3. The van der Waals surface area contributed by atoms with Gasteiger partial charge in [-0.15, -0.1) is 0 Å². The molecule has 42 heavy (non-hydrogen) atoms. The smallest absolute Gasteiger partial charge is 0.494 e.